The maximum atomic E-state index is 12.8. The van der Waals surface area contributed by atoms with E-state index >= 15 is 0 Å². The van der Waals surface area contributed by atoms with E-state index in [1.165, 1.54) is 12.1 Å². The minimum absolute atomic E-state index is 0.125. The molecule has 4 rings (SSSR count). The molecule has 11 heteroatoms. The molecule has 0 aliphatic carbocycles. The number of benzene rings is 3. The van der Waals surface area contributed by atoms with Crippen LogP contribution < -0.4 is 9.46 Å². The number of carbonyl (C=O) groups is 1. The van der Waals surface area contributed by atoms with Crippen LogP contribution in [0.15, 0.2) is 87.3 Å². The average Bonchev–Trinajstić information content (AvgIpc) is 3.29. The summed E-state index contributed by atoms with van der Waals surface area (Å²) in [6.45, 7) is 0. The monoisotopic (exact) mass is 514 g/mol. The van der Waals surface area contributed by atoms with Gasteiger partial charge in [0.05, 0.1) is 18.1 Å². The number of fused-ring (bicyclic) bond motifs is 1. The second-order valence-electron chi connectivity index (χ2n) is 7.52. The quantitative estimate of drug-likeness (QED) is 0.272. The lowest BCUT2D eigenvalue weighted by molar-refractivity contribution is -0.141. The van der Waals surface area contributed by atoms with Crippen molar-refractivity contribution >= 4 is 38.9 Å². The lowest BCUT2D eigenvalue weighted by Crippen LogP contribution is -2.49. The number of rotatable bonds is 10. The number of methoxy groups -OCH3 is 1. The number of aliphatic carboxylic acids is 1. The standard InChI is InChI=1S/C24H22N2O7S2/c1-32-17-10-6-15(7-11-17)16-8-12-18(13-9-16)35(30,31)26-22(23(28)29)20(27)14-34-24-25-19-4-2-3-5-21(19)33-24/h2-13,20,22,26-27H,14H2,1H3,(H,28,29)/t20-,22-/m1/s1. The third kappa shape index (κ3) is 5.82. The number of hydrogen-bond acceptors (Lipinski definition) is 8. The molecule has 0 fully saturated rings. The van der Waals surface area contributed by atoms with Crippen LogP contribution in [0.3, 0.4) is 0 Å². The number of sulfonamides is 1. The van der Waals surface area contributed by atoms with Gasteiger partial charge in [0.25, 0.3) is 5.22 Å². The summed E-state index contributed by atoms with van der Waals surface area (Å²) in [5.41, 5.74) is 2.81. The fourth-order valence-electron chi connectivity index (χ4n) is 3.30. The van der Waals surface area contributed by atoms with Crippen LogP contribution in [0.2, 0.25) is 0 Å². The molecule has 0 bridgehead atoms. The van der Waals surface area contributed by atoms with Crippen LogP contribution in [0.5, 0.6) is 5.75 Å². The smallest absolute Gasteiger partial charge is 0.324 e. The van der Waals surface area contributed by atoms with Gasteiger partial charge in [-0.15, -0.1) is 0 Å². The molecule has 0 radical (unpaired) electrons. The molecule has 0 spiro atoms. The highest BCUT2D eigenvalue weighted by molar-refractivity contribution is 7.99. The number of thioether (sulfide) groups is 1. The summed E-state index contributed by atoms with van der Waals surface area (Å²) in [6.07, 6.45) is -1.54. The Morgan fingerprint density at radius 1 is 1.06 bits per heavy atom. The number of para-hydroxylation sites is 2. The van der Waals surface area contributed by atoms with E-state index in [2.05, 4.69) is 9.71 Å². The van der Waals surface area contributed by atoms with Crippen molar-refractivity contribution < 1.29 is 32.6 Å². The fraction of sp³-hybridized carbons (Fsp3) is 0.167. The number of aliphatic hydroxyl groups excluding tert-OH is 1. The summed E-state index contributed by atoms with van der Waals surface area (Å²) in [6, 6.07) is 18.6. The molecule has 0 aliphatic heterocycles. The van der Waals surface area contributed by atoms with Crippen LogP contribution in [0.4, 0.5) is 0 Å². The highest BCUT2D eigenvalue weighted by atomic mass is 32.2. The molecule has 0 unspecified atom stereocenters. The number of oxazole rings is 1. The zero-order valence-electron chi connectivity index (χ0n) is 18.5. The molecular weight excluding hydrogens is 492 g/mol. The SMILES string of the molecule is COc1ccc(-c2ccc(S(=O)(=O)N[C@@H](C(=O)O)[C@H](O)CSc3nc4ccccc4o3)cc2)cc1. The van der Waals surface area contributed by atoms with Crippen molar-refractivity contribution in [2.24, 2.45) is 0 Å². The van der Waals surface area contributed by atoms with Gasteiger partial charge in [-0.3, -0.25) is 4.79 Å². The van der Waals surface area contributed by atoms with E-state index in [1.807, 2.05) is 12.1 Å². The summed E-state index contributed by atoms with van der Waals surface area (Å²) >= 11 is 0.989. The molecule has 0 saturated heterocycles. The van der Waals surface area contributed by atoms with Crippen LogP contribution >= 0.6 is 11.8 Å². The van der Waals surface area contributed by atoms with Gasteiger partial charge >= 0.3 is 5.97 Å². The van der Waals surface area contributed by atoms with Crippen LogP contribution in [-0.2, 0) is 14.8 Å². The summed E-state index contributed by atoms with van der Waals surface area (Å²) in [7, 11) is -2.65. The first-order valence-electron chi connectivity index (χ1n) is 10.4. The Morgan fingerprint density at radius 3 is 2.29 bits per heavy atom. The number of carboxylic acids is 1. The Labute approximate surface area is 205 Å². The van der Waals surface area contributed by atoms with Crippen LogP contribution in [-0.4, -0.2) is 54.6 Å². The number of aromatic nitrogens is 1. The van der Waals surface area contributed by atoms with E-state index in [0.29, 0.717) is 16.8 Å². The molecule has 0 saturated carbocycles. The Morgan fingerprint density at radius 2 is 1.69 bits per heavy atom. The second-order valence-corrected chi connectivity index (χ2v) is 10.2. The summed E-state index contributed by atoms with van der Waals surface area (Å²) in [5, 5.41) is 20.3. The Bertz CT molecular complexity index is 1390. The maximum Gasteiger partial charge on any atom is 0.324 e. The second kappa shape index (κ2) is 10.5. The van der Waals surface area contributed by atoms with Crippen molar-refractivity contribution in [3.63, 3.8) is 0 Å². The van der Waals surface area contributed by atoms with Crippen LogP contribution in [0.25, 0.3) is 22.2 Å². The number of aliphatic hydroxyl groups is 1. The third-order valence-corrected chi connectivity index (χ3v) is 7.56. The van der Waals surface area contributed by atoms with Crippen molar-refractivity contribution in [3.8, 4) is 16.9 Å². The lowest BCUT2D eigenvalue weighted by atomic mass is 10.1. The predicted molar refractivity (Wildman–Crippen MR) is 131 cm³/mol. The number of nitrogens with one attached hydrogen (secondary N) is 1. The normalized spacial score (nSPS) is 13.4. The number of hydrogen-bond donors (Lipinski definition) is 3. The van der Waals surface area contributed by atoms with Gasteiger partial charge in [0, 0.05) is 5.75 Å². The highest BCUT2D eigenvalue weighted by Crippen LogP contribution is 2.26. The van der Waals surface area contributed by atoms with Crippen LogP contribution in [0.1, 0.15) is 0 Å². The van der Waals surface area contributed by atoms with Gasteiger partial charge in [-0.2, -0.15) is 4.72 Å². The highest BCUT2D eigenvalue weighted by Gasteiger charge is 2.32. The van der Waals surface area contributed by atoms with Gasteiger partial charge in [0.2, 0.25) is 10.0 Å². The minimum Gasteiger partial charge on any atom is -0.497 e. The zero-order chi connectivity index (χ0) is 25.0. The van der Waals surface area contributed by atoms with Gasteiger partial charge in [0.1, 0.15) is 17.3 Å². The van der Waals surface area contributed by atoms with E-state index < -0.39 is 28.1 Å². The summed E-state index contributed by atoms with van der Waals surface area (Å²) in [4.78, 5) is 15.9. The first kappa shape index (κ1) is 24.7. The first-order chi connectivity index (χ1) is 16.8. The van der Waals surface area contributed by atoms with E-state index in [9.17, 15) is 23.4 Å². The van der Waals surface area contributed by atoms with Crippen molar-refractivity contribution in [2.45, 2.75) is 22.3 Å². The molecular formula is C24H22N2O7S2. The number of ether oxygens (including phenoxy) is 1. The largest absolute Gasteiger partial charge is 0.497 e. The molecule has 4 aromatic rings. The lowest BCUT2D eigenvalue weighted by Gasteiger charge is -2.19. The van der Waals surface area contributed by atoms with Gasteiger partial charge in [-0.05, 0) is 47.5 Å². The molecule has 0 aliphatic rings. The van der Waals surface area contributed by atoms with Gasteiger partial charge in [0.15, 0.2) is 5.58 Å². The maximum absolute atomic E-state index is 12.8. The summed E-state index contributed by atoms with van der Waals surface area (Å²) < 4.78 is 38.4. The van der Waals surface area contributed by atoms with Crippen molar-refractivity contribution in [2.75, 3.05) is 12.9 Å². The number of nitrogens with zero attached hydrogens (tertiary/aromatic N) is 1. The molecule has 182 valence electrons. The Kier molecular flexibility index (Phi) is 7.41. The van der Waals surface area contributed by atoms with E-state index in [-0.39, 0.29) is 15.9 Å². The van der Waals surface area contributed by atoms with Crippen LogP contribution in [0, 0.1) is 0 Å². The predicted octanol–water partition coefficient (Wildman–Crippen LogP) is 3.39. The summed E-state index contributed by atoms with van der Waals surface area (Å²) in [5.74, 6) is -0.957. The van der Waals surface area contributed by atoms with Gasteiger partial charge in [-0.1, -0.05) is 48.2 Å². The molecule has 3 aromatic carbocycles. The first-order valence-corrected chi connectivity index (χ1v) is 12.9. The topological polar surface area (TPSA) is 139 Å². The van der Waals surface area contributed by atoms with E-state index in [1.54, 1.807) is 55.6 Å². The Balaban J connectivity index is 1.44. The molecule has 1 aromatic heterocycles. The minimum atomic E-state index is -4.22. The Hall–Kier alpha value is -3.38. The molecule has 1 heterocycles. The van der Waals surface area contributed by atoms with Gasteiger partial charge in [-0.25, -0.2) is 13.4 Å². The van der Waals surface area contributed by atoms with Crippen molar-refractivity contribution in [1.82, 2.24) is 9.71 Å². The zero-order valence-corrected chi connectivity index (χ0v) is 20.1. The molecule has 9 nitrogen and oxygen atoms in total. The van der Waals surface area contributed by atoms with Gasteiger partial charge < -0.3 is 19.4 Å². The molecule has 3 N–H and O–H groups in total. The van der Waals surface area contributed by atoms with Crippen molar-refractivity contribution in [3.05, 3.63) is 72.8 Å². The molecule has 35 heavy (non-hydrogen) atoms. The molecule has 0 amide bonds. The van der Waals surface area contributed by atoms with E-state index in [4.69, 9.17) is 9.15 Å². The average molecular weight is 515 g/mol. The fourth-order valence-corrected chi connectivity index (χ4v) is 5.34. The molecule has 2 atom stereocenters. The van der Waals surface area contributed by atoms with E-state index in [0.717, 1.165) is 22.9 Å². The number of carboxylic acid groups (broad SMARTS) is 1. The van der Waals surface area contributed by atoms with Crippen molar-refractivity contribution in [1.29, 1.82) is 0 Å². The third-order valence-electron chi connectivity index (χ3n) is 5.17.